The van der Waals surface area contributed by atoms with Crippen molar-refractivity contribution in [2.45, 2.75) is 25.3 Å². The molecule has 0 unspecified atom stereocenters. The van der Waals surface area contributed by atoms with Crippen LogP contribution in [0.25, 0.3) is 0 Å². The topological polar surface area (TPSA) is 70.0 Å². The summed E-state index contributed by atoms with van der Waals surface area (Å²) in [4.78, 5) is 13.4. The predicted octanol–water partition coefficient (Wildman–Crippen LogP) is 3.14. The molecule has 1 heterocycles. The number of likely N-dealkylation sites (tertiary alicyclic amines) is 1. The highest BCUT2D eigenvalue weighted by Crippen LogP contribution is 2.29. The molecule has 2 aromatic rings. The van der Waals surface area contributed by atoms with Gasteiger partial charge in [0.15, 0.2) is 0 Å². The van der Waals surface area contributed by atoms with E-state index in [0.29, 0.717) is 18.1 Å². The first-order chi connectivity index (χ1) is 12.7. The molecule has 1 atom stereocenters. The Hall–Kier alpha value is -2.37. The fourth-order valence-corrected chi connectivity index (χ4v) is 3.54. The van der Waals surface area contributed by atoms with Gasteiger partial charge in [-0.3, -0.25) is 4.90 Å². The second-order valence-electron chi connectivity index (χ2n) is 6.68. The Morgan fingerprint density at radius 1 is 1.15 bits per heavy atom. The van der Waals surface area contributed by atoms with Crippen LogP contribution in [0, 0.1) is 0 Å². The first-order valence-electron chi connectivity index (χ1n) is 9.04. The van der Waals surface area contributed by atoms with Crippen LogP contribution >= 0.6 is 0 Å². The van der Waals surface area contributed by atoms with E-state index in [2.05, 4.69) is 11.0 Å². The van der Waals surface area contributed by atoms with E-state index in [1.807, 2.05) is 30.3 Å². The maximum Gasteiger partial charge on any atom is 0.335 e. The highest BCUT2D eigenvalue weighted by molar-refractivity contribution is 5.87. The average Bonchev–Trinajstić information content (AvgIpc) is 2.67. The number of nitrogens with zero attached hydrogens (tertiary/aromatic N) is 1. The van der Waals surface area contributed by atoms with E-state index in [4.69, 9.17) is 14.9 Å². The SMILES string of the molecule is O=C(O)c1ccc([C@@H]2CCCN(Cc3ccccc3OCCO)C2)cc1. The molecule has 5 nitrogen and oxygen atoms in total. The van der Waals surface area contributed by atoms with Crippen LogP contribution in [0.1, 0.15) is 40.2 Å². The van der Waals surface area contributed by atoms with Gasteiger partial charge in [-0.25, -0.2) is 4.79 Å². The minimum Gasteiger partial charge on any atom is -0.491 e. The molecule has 3 rings (SSSR count). The van der Waals surface area contributed by atoms with Crippen molar-refractivity contribution in [2.75, 3.05) is 26.3 Å². The summed E-state index contributed by atoms with van der Waals surface area (Å²) in [5.41, 5.74) is 2.66. The highest BCUT2D eigenvalue weighted by atomic mass is 16.5. The van der Waals surface area contributed by atoms with Crippen LogP contribution in [0.2, 0.25) is 0 Å². The minimum absolute atomic E-state index is 0.00641. The summed E-state index contributed by atoms with van der Waals surface area (Å²) in [6, 6.07) is 15.2. The Morgan fingerprint density at radius 2 is 1.92 bits per heavy atom. The van der Waals surface area contributed by atoms with Crippen molar-refractivity contribution < 1.29 is 19.7 Å². The number of piperidine rings is 1. The monoisotopic (exact) mass is 355 g/mol. The van der Waals surface area contributed by atoms with Gasteiger partial charge in [0.05, 0.1) is 12.2 Å². The number of carboxylic acids is 1. The first-order valence-corrected chi connectivity index (χ1v) is 9.04. The first kappa shape index (κ1) is 18.4. The van der Waals surface area contributed by atoms with Crippen LogP contribution in [0.5, 0.6) is 5.75 Å². The summed E-state index contributed by atoms with van der Waals surface area (Å²) in [5.74, 6) is 0.355. The number of aromatic carboxylic acids is 1. The molecule has 5 heteroatoms. The summed E-state index contributed by atoms with van der Waals surface area (Å²) < 4.78 is 5.64. The Morgan fingerprint density at radius 3 is 2.65 bits per heavy atom. The highest BCUT2D eigenvalue weighted by Gasteiger charge is 2.22. The maximum atomic E-state index is 11.0. The summed E-state index contributed by atoms with van der Waals surface area (Å²) in [7, 11) is 0. The minimum atomic E-state index is -0.888. The van der Waals surface area contributed by atoms with E-state index < -0.39 is 5.97 Å². The number of ether oxygens (including phenoxy) is 1. The molecule has 0 saturated carbocycles. The van der Waals surface area contributed by atoms with Crippen molar-refractivity contribution in [1.82, 2.24) is 4.90 Å². The number of hydrogen-bond acceptors (Lipinski definition) is 4. The third-order valence-electron chi connectivity index (χ3n) is 4.85. The number of aliphatic hydroxyl groups is 1. The van der Waals surface area contributed by atoms with Gasteiger partial charge in [-0.05, 0) is 49.1 Å². The number of benzene rings is 2. The summed E-state index contributed by atoms with van der Waals surface area (Å²) in [5, 5.41) is 18.0. The van der Waals surface area contributed by atoms with Gasteiger partial charge >= 0.3 is 5.97 Å². The molecule has 2 N–H and O–H groups in total. The molecular weight excluding hydrogens is 330 g/mol. The third kappa shape index (κ3) is 4.62. The zero-order valence-electron chi connectivity index (χ0n) is 14.8. The molecule has 0 aliphatic carbocycles. The lowest BCUT2D eigenvalue weighted by Crippen LogP contribution is -2.34. The normalized spacial score (nSPS) is 17.8. The van der Waals surface area contributed by atoms with Crippen LogP contribution in [0.4, 0.5) is 0 Å². The van der Waals surface area contributed by atoms with Gasteiger partial charge in [-0.15, -0.1) is 0 Å². The number of carboxylic acid groups (broad SMARTS) is 1. The Kier molecular flexibility index (Phi) is 6.26. The van der Waals surface area contributed by atoms with Crippen molar-refractivity contribution in [3.05, 3.63) is 65.2 Å². The van der Waals surface area contributed by atoms with Gasteiger partial charge in [-0.1, -0.05) is 30.3 Å². The molecule has 1 fully saturated rings. The molecule has 0 aromatic heterocycles. The standard InChI is InChI=1S/C21H25NO4/c23-12-13-26-20-6-2-1-4-19(20)15-22-11-3-5-18(14-22)16-7-9-17(10-8-16)21(24)25/h1-2,4,6-10,18,23H,3,5,11-15H2,(H,24,25)/t18-/m1/s1. The number of carbonyl (C=O) groups is 1. The second-order valence-corrected chi connectivity index (χ2v) is 6.68. The second kappa shape index (κ2) is 8.83. The van der Waals surface area contributed by atoms with Crippen molar-refractivity contribution in [3.8, 4) is 5.75 Å². The van der Waals surface area contributed by atoms with Crippen molar-refractivity contribution in [3.63, 3.8) is 0 Å². The molecule has 1 aliphatic rings. The lowest BCUT2D eigenvalue weighted by Gasteiger charge is -2.33. The van der Waals surface area contributed by atoms with Gasteiger partial charge in [-0.2, -0.15) is 0 Å². The van der Waals surface area contributed by atoms with E-state index in [-0.39, 0.29) is 6.61 Å². The van der Waals surface area contributed by atoms with Crippen LogP contribution in [0.15, 0.2) is 48.5 Å². The fourth-order valence-electron chi connectivity index (χ4n) is 3.54. The Bertz CT molecular complexity index is 729. The van der Waals surface area contributed by atoms with Crippen molar-refractivity contribution in [1.29, 1.82) is 0 Å². The number of hydrogen-bond donors (Lipinski definition) is 2. The molecule has 0 spiro atoms. The molecule has 0 radical (unpaired) electrons. The quantitative estimate of drug-likeness (QED) is 0.798. The van der Waals surface area contributed by atoms with Crippen LogP contribution in [-0.2, 0) is 6.54 Å². The number of rotatable bonds is 7. The van der Waals surface area contributed by atoms with Gasteiger partial charge in [0.2, 0.25) is 0 Å². The molecule has 1 saturated heterocycles. The van der Waals surface area contributed by atoms with Crippen LogP contribution in [0.3, 0.4) is 0 Å². The van der Waals surface area contributed by atoms with Crippen molar-refractivity contribution in [2.24, 2.45) is 0 Å². The summed E-state index contributed by atoms with van der Waals surface area (Å²) >= 11 is 0. The molecule has 0 bridgehead atoms. The fraction of sp³-hybridized carbons (Fsp3) is 0.381. The largest absolute Gasteiger partial charge is 0.491 e. The smallest absolute Gasteiger partial charge is 0.335 e. The van der Waals surface area contributed by atoms with Crippen LogP contribution in [-0.4, -0.2) is 47.4 Å². The predicted molar refractivity (Wildman–Crippen MR) is 99.7 cm³/mol. The Balaban J connectivity index is 1.66. The zero-order chi connectivity index (χ0) is 18.4. The summed E-state index contributed by atoms with van der Waals surface area (Å²) in [6.07, 6.45) is 2.23. The average molecular weight is 355 g/mol. The van der Waals surface area contributed by atoms with Crippen molar-refractivity contribution >= 4 is 5.97 Å². The molecule has 138 valence electrons. The number of para-hydroxylation sites is 1. The van der Waals surface area contributed by atoms with Gasteiger partial charge in [0.1, 0.15) is 12.4 Å². The summed E-state index contributed by atoms with van der Waals surface area (Å²) in [6.45, 7) is 3.10. The van der Waals surface area contributed by atoms with E-state index >= 15 is 0 Å². The molecule has 2 aromatic carbocycles. The Labute approximate surface area is 153 Å². The molecular formula is C21H25NO4. The lowest BCUT2D eigenvalue weighted by molar-refractivity contribution is 0.0697. The lowest BCUT2D eigenvalue weighted by atomic mass is 9.90. The third-order valence-corrected chi connectivity index (χ3v) is 4.85. The van der Waals surface area contributed by atoms with E-state index in [9.17, 15) is 4.79 Å². The van der Waals surface area contributed by atoms with E-state index in [1.54, 1.807) is 12.1 Å². The zero-order valence-corrected chi connectivity index (χ0v) is 14.8. The molecule has 1 aliphatic heterocycles. The van der Waals surface area contributed by atoms with Crippen LogP contribution < -0.4 is 4.74 Å². The van der Waals surface area contributed by atoms with Gasteiger partial charge in [0, 0.05) is 18.7 Å². The van der Waals surface area contributed by atoms with E-state index in [1.165, 1.54) is 5.56 Å². The number of aliphatic hydroxyl groups excluding tert-OH is 1. The van der Waals surface area contributed by atoms with Gasteiger partial charge < -0.3 is 14.9 Å². The molecule has 0 amide bonds. The van der Waals surface area contributed by atoms with Gasteiger partial charge in [0.25, 0.3) is 0 Å². The maximum absolute atomic E-state index is 11.0. The van der Waals surface area contributed by atoms with E-state index in [0.717, 1.165) is 43.8 Å². The molecule has 26 heavy (non-hydrogen) atoms.